The van der Waals surface area contributed by atoms with Gasteiger partial charge in [-0.2, -0.15) is 0 Å². The van der Waals surface area contributed by atoms with E-state index in [0.29, 0.717) is 24.7 Å². The van der Waals surface area contributed by atoms with Crippen molar-refractivity contribution in [3.05, 3.63) is 127 Å². The third-order valence-corrected chi connectivity index (χ3v) is 41.1. The van der Waals surface area contributed by atoms with E-state index in [1.165, 1.54) is 44.5 Å². The molecule has 281 valence electrons. The van der Waals surface area contributed by atoms with Gasteiger partial charge in [0.15, 0.2) is 0 Å². The number of carbonyl (C=O) groups excluding carboxylic acids is 2. The number of carbonyl (C=O) groups is 2. The third-order valence-electron chi connectivity index (χ3n) is 12.4. The number of aryl methyl sites for hydroxylation is 2. The van der Waals surface area contributed by atoms with Crippen LogP contribution in [0.25, 0.3) is 34.4 Å². The van der Waals surface area contributed by atoms with Gasteiger partial charge in [0.25, 0.3) is 0 Å². The molecule has 2 amide bonds. The molecule has 4 aromatic carbocycles. The van der Waals surface area contributed by atoms with Crippen LogP contribution in [0, 0.1) is 53.4 Å². The van der Waals surface area contributed by atoms with Crippen molar-refractivity contribution in [2.45, 2.75) is 89.4 Å². The van der Waals surface area contributed by atoms with E-state index < -0.39 is 27.8 Å². The van der Waals surface area contributed by atoms with Gasteiger partial charge in [0, 0.05) is 0 Å². The molecule has 2 atom stereocenters. The van der Waals surface area contributed by atoms with Crippen molar-refractivity contribution in [1.29, 1.82) is 0 Å². The van der Waals surface area contributed by atoms with Gasteiger partial charge in [0.2, 0.25) is 0 Å². The van der Waals surface area contributed by atoms with Crippen LogP contribution in [0.3, 0.4) is 0 Å². The zero-order valence-electron chi connectivity index (χ0n) is 33.5. The minimum absolute atomic E-state index is 0.311. The molecule has 0 spiro atoms. The van der Waals surface area contributed by atoms with E-state index in [-0.39, 0.29) is 0 Å². The second-order valence-corrected chi connectivity index (χ2v) is 47.1. The molecule has 0 bridgehead atoms. The summed E-state index contributed by atoms with van der Waals surface area (Å²) in [5.41, 5.74) is 18.9. The van der Waals surface area contributed by atoms with E-state index in [1.54, 1.807) is 0 Å². The van der Waals surface area contributed by atoms with Gasteiger partial charge in [-0.1, -0.05) is 0 Å². The zero-order valence-corrected chi connectivity index (χ0v) is 38.6. The molecule has 0 fully saturated rings. The molecule has 2 unspecified atom stereocenters. The molecule has 0 radical (unpaired) electrons. The van der Waals surface area contributed by atoms with Crippen LogP contribution >= 0.6 is 17.2 Å². The molecule has 4 nitrogen and oxygen atoms in total. The molecule has 0 aromatic heterocycles. The number of allylic oxidation sites excluding steroid dienone is 2. The fraction of sp³-hybridized carbons (Fsp3) is 0.348. The Morgan fingerprint density at radius 2 is 0.981 bits per heavy atom. The third kappa shape index (κ3) is 6.73. The summed E-state index contributed by atoms with van der Waals surface area (Å²) in [6.07, 6.45) is 7.51. The van der Waals surface area contributed by atoms with E-state index in [0.717, 1.165) is 57.4 Å². The molecule has 0 saturated carbocycles. The monoisotopic (exact) mass is 927 g/mol. The molecular formula is C46H54BCl2HfN2O2. The Labute approximate surface area is 331 Å². The molecule has 0 aliphatic heterocycles. The first-order chi connectivity index (χ1) is 25.5. The molecule has 8 heteroatoms. The van der Waals surface area contributed by atoms with E-state index in [4.69, 9.17) is 17.2 Å². The number of hydrogen-bond acceptors (Lipinski definition) is 2. The number of halogens is 2. The van der Waals surface area contributed by atoms with Crippen molar-refractivity contribution in [3.8, 4) is 22.3 Å². The van der Waals surface area contributed by atoms with Crippen molar-refractivity contribution in [1.82, 2.24) is 10.5 Å². The fourth-order valence-electron chi connectivity index (χ4n) is 9.50. The average Bonchev–Trinajstić information content (AvgIpc) is 3.68. The van der Waals surface area contributed by atoms with Gasteiger partial charge in [-0.25, -0.2) is 0 Å². The second-order valence-electron chi connectivity index (χ2n) is 16.7. The Balaban J connectivity index is 1.70. The Kier molecular flexibility index (Phi) is 11.5. The Hall–Kier alpha value is -3.18. The predicted octanol–water partition coefficient (Wildman–Crippen LogP) is 12.0. The molecule has 6 rings (SSSR count). The van der Waals surface area contributed by atoms with Crippen LogP contribution in [0.4, 0.5) is 0 Å². The van der Waals surface area contributed by atoms with Crippen LogP contribution < -0.4 is 10.5 Å². The molecule has 54 heavy (non-hydrogen) atoms. The number of benzene rings is 4. The van der Waals surface area contributed by atoms with E-state index in [1.807, 2.05) is 0 Å². The molecule has 0 heterocycles. The van der Waals surface area contributed by atoms with Gasteiger partial charge in [-0.3, -0.25) is 0 Å². The van der Waals surface area contributed by atoms with Crippen LogP contribution in [-0.2, 0) is 25.5 Å². The van der Waals surface area contributed by atoms with Crippen LogP contribution in [0.1, 0.15) is 104 Å². The fourth-order valence-corrected chi connectivity index (χ4v) is 39.0. The van der Waals surface area contributed by atoms with Crippen molar-refractivity contribution < 1.29 is 25.5 Å². The van der Waals surface area contributed by atoms with Crippen LogP contribution in [0.5, 0.6) is 0 Å². The first-order valence-electron chi connectivity index (χ1n) is 19.3. The first-order valence-corrected chi connectivity index (χ1v) is 34.4. The van der Waals surface area contributed by atoms with E-state index in [9.17, 15) is 9.59 Å². The second kappa shape index (κ2) is 15.4. The van der Waals surface area contributed by atoms with Crippen molar-refractivity contribution in [2.75, 3.05) is 0 Å². The summed E-state index contributed by atoms with van der Waals surface area (Å²) in [4.78, 5) is 25.2. The van der Waals surface area contributed by atoms with Crippen molar-refractivity contribution in [3.63, 3.8) is 0 Å². The van der Waals surface area contributed by atoms with Gasteiger partial charge >= 0.3 is 334 Å². The van der Waals surface area contributed by atoms with Gasteiger partial charge < -0.3 is 0 Å². The average molecular weight is 927 g/mol. The Bertz CT molecular complexity index is 2070. The van der Waals surface area contributed by atoms with Crippen molar-refractivity contribution >= 4 is 46.7 Å². The molecule has 2 N–H and O–H groups in total. The van der Waals surface area contributed by atoms with Gasteiger partial charge in [-0.05, 0) is 0 Å². The first kappa shape index (κ1) is 40.5. The van der Waals surface area contributed by atoms with Crippen LogP contribution in [0.15, 0.2) is 71.8 Å². The molecular weight excluding hydrogens is 873 g/mol. The van der Waals surface area contributed by atoms with Gasteiger partial charge in [0.05, 0.1) is 0 Å². The standard InChI is InChI=1S/2C22H25.C2H3BN2O2.2ClH.Hf/c2*1-14(2)11-18-12-19-7-6-8-21(22(19)13-18)20-10-9-15(3)16(4)17(20)5;6-1-4-3-5-2-7;;;/h2*6-10,12-14H,11H2,1-5H3;1-2H,(H-,4,5,6,7);2*1H;/q;;;;;+1/p-1. The molecule has 2 aliphatic carbocycles. The summed E-state index contributed by atoms with van der Waals surface area (Å²) >= 11 is -6.09. The number of nitrogens with one attached hydrogen (secondary N) is 2. The maximum atomic E-state index is 12.6. The molecule has 0 saturated heterocycles. The molecule has 4 aromatic rings. The summed E-state index contributed by atoms with van der Waals surface area (Å²) < 4.78 is -1.73. The minimum atomic E-state index is -6.09. The Morgan fingerprint density at radius 3 is 1.33 bits per heavy atom. The number of hydrogen-bond donors (Lipinski definition) is 2. The van der Waals surface area contributed by atoms with Crippen LogP contribution in [-0.4, -0.2) is 17.4 Å². The summed E-state index contributed by atoms with van der Waals surface area (Å²) in [7, 11) is 17.5. The summed E-state index contributed by atoms with van der Waals surface area (Å²) in [5, 5.41) is 6.04. The predicted molar refractivity (Wildman–Crippen MR) is 228 cm³/mol. The van der Waals surface area contributed by atoms with Gasteiger partial charge in [0.1, 0.15) is 0 Å². The van der Waals surface area contributed by atoms with E-state index >= 15 is 0 Å². The number of fused-ring (bicyclic) bond motifs is 2. The van der Waals surface area contributed by atoms with Crippen molar-refractivity contribution in [2.24, 2.45) is 11.8 Å². The summed E-state index contributed by atoms with van der Waals surface area (Å²) in [6.45, 7) is 22.0. The summed E-state index contributed by atoms with van der Waals surface area (Å²) in [5.74, 6) is 0.623. The number of rotatable bonds is 13. The topological polar surface area (TPSA) is 58.2 Å². The van der Waals surface area contributed by atoms with E-state index in [2.05, 4.69) is 153 Å². The zero-order chi connectivity index (χ0) is 39.3. The van der Waals surface area contributed by atoms with Crippen LogP contribution in [0.2, 0.25) is 0 Å². The normalized spacial score (nSPS) is 17.0. The summed E-state index contributed by atoms with van der Waals surface area (Å²) in [6, 6.07) is 21.8. The molecule has 2 aliphatic rings. The Morgan fingerprint density at radius 1 is 0.593 bits per heavy atom. The SMILES string of the molecule is Cc1ccc(-c2cccc3c2C=C(CC(C)C)[CH]3[Hf]([Cl])([Cl])([B](NC=O)NC=O)[CH]2C(CC(C)C)=Cc3c(-c4ccc(C)c(C)c4C)cccc32)c(C)c1C. The number of amides is 2. The maximum absolute atomic E-state index is 12.6. The van der Waals surface area contributed by atoms with Gasteiger partial charge in [-0.15, -0.1) is 0 Å². The quantitative estimate of drug-likeness (QED) is 0.104.